The fourth-order valence-corrected chi connectivity index (χ4v) is 0. The Morgan fingerprint density at radius 2 is 2.00 bits per heavy atom. The second-order valence-electron chi connectivity index (χ2n) is 0.619. The minimum absolute atomic E-state index is 0.833. The van der Waals surface area contributed by atoms with Crippen molar-refractivity contribution in [1.29, 1.82) is 5.53 Å². The highest BCUT2D eigenvalue weighted by Gasteiger charge is 1.65. The van der Waals surface area contributed by atoms with Crippen molar-refractivity contribution in [2.24, 2.45) is 0 Å². The Balaban J connectivity index is 0. The number of nitrogens with one attached hydrogen (secondary N) is 1. The molecule has 0 aliphatic heterocycles. The zero-order chi connectivity index (χ0) is 6.28. The van der Waals surface area contributed by atoms with E-state index in [0.29, 0.717) is 0 Å². The number of carbonyl (C=O) groups is 1. The van der Waals surface area contributed by atoms with Gasteiger partial charge in [-0.3, -0.25) is 4.79 Å². The lowest BCUT2D eigenvalue weighted by Gasteiger charge is -1.59. The molecule has 5 nitrogen and oxygen atoms in total. The molecule has 0 unspecified atom stereocenters. The summed E-state index contributed by atoms with van der Waals surface area (Å²) in [7, 11) is 0. The summed E-state index contributed by atoms with van der Waals surface area (Å²) in [5, 5.41) is 7.42. The van der Waals surface area contributed by atoms with Crippen molar-refractivity contribution < 1.29 is 9.90 Å². The Kier molecular flexibility index (Phi) is 11.7. The van der Waals surface area contributed by atoms with Gasteiger partial charge in [-0.25, -0.2) is 0 Å². The van der Waals surface area contributed by atoms with Crippen molar-refractivity contribution in [3.05, 3.63) is 10.4 Å². The quantitative estimate of drug-likeness (QED) is 0.271. The first-order valence-corrected chi connectivity index (χ1v) is 1.35. The fraction of sp³-hybridized carbons (Fsp3) is 0.500. The standard InChI is InChI=1S/C2H4O2.HN3/c1-2(3)4;1-3-2/h1H3,(H,3,4);1H. The number of hydrogen-bond acceptors (Lipinski definition) is 2. The average Bonchev–Trinajstić information content (AvgIpc) is 1.33. The van der Waals surface area contributed by atoms with E-state index >= 15 is 0 Å². The molecular weight excluding hydrogens is 98.0 g/mol. The number of carboxylic acid groups (broad SMARTS) is 1. The van der Waals surface area contributed by atoms with Gasteiger partial charge >= 0.3 is 0 Å². The third-order valence-corrected chi connectivity index (χ3v) is 0. The molecule has 0 fully saturated rings. The van der Waals surface area contributed by atoms with Crippen molar-refractivity contribution in [2.75, 3.05) is 0 Å². The van der Waals surface area contributed by atoms with Gasteiger partial charge in [0.05, 0.1) is 0 Å². The fourth-order valence-electron chi connectivity index (χ4n) is 0. The summed E-state index contributed by atoms with van der Waals surface area (Å²) in [5.41, 5.74) is 12.2. The number of rotatable bonds is 0. The van der Waals surface area contributed by atoms with Crippen molar-refractivity contribution in [3.8, 4) is 0 Å². The number of carboxylic acids is 1. The van der Waals surface area contributed by atoms with Crippen molar-refractivity contribution in [3.63, 3.8) is 0 Å². The minimum Gasteiger partial charge on any atom is -0.481 e. The molecule has 0 radical (unpaired) electrons. The predicted octanol–water partition coefficient (Wildman–Crippen LogP) is 0.966. The normalized spacial score (nSPS) is 4.71. The van der Waals surface area contributed by atoms with Gasteiger partial charge in [-0.1, -0.05) is 0 Å². The molecule has 2 N–H and O–H groups in total. The molecule has 0 saturated heterocycles. The first-order valence-electron chi connectivity index (χ1n) is 1.35. The van der Waals surface area contributed by atoms with Crippen LogP contribution in [0, 0.1) is 5.53 Å². The van der Waals surface area contributed by atoms with Gasteiger partial charge in [-0.05, 0) is 10.4 Å². The third-order valence-electron chi connectivity index (χ3n) is 0. The Morgan fingerprint density at radius 1 is 2.00 bits per heavy atom. The van der Waals surface area contributed by atoms with E-state index in [1.165, 1.54) is 0 Å². The maximum atomic E-state index is 9.00. The highest BCUT2D eigenvalue weighted by atomic mass is 16.4. The first-order chi connectivity index (χ1) is 3.15. The monoisotopic (exact) mass is 103 g/mol. The van der Waals surface area contributed by atoms with E-state index in [4.69, 9.17) is 21.0 Å². The maximum Gasteiger partial charge on any atom is 0.300 e. The SMILES string of the molecule is CC(=O)O.[N-]=[N+]=N. The van der Waals surface area contributed by atoms with Crippen LogP contribution >= 0.6 is 0 Å². The third kappa shape index (κ3) is 24.8. The van der Waals surface area contributed by atoms with Gasteiger partial charge in [0, 0.05) is 6.92 Å². The molecule has 5 heteroatoms. The lowest BCUT2D eigenvalue weighted by Crippen LogP contribution is -1.78. The molecule has 0 aromatic carbocycles. The molecular formula is C2H5N3O2. The summed E-state index contributed by atoms with van der Waals surface area (Å²) < 4.78 is 0. The minimum atomic E-state index is -0.833. The Labute approximate surface area is 40.0 Å². The van der Waals surface area contributed by atoms with Crippen LogP contribution in [0.2, 0.25) is 0 Å². The summed E-state index contributed by atoms with van der Waals surface area (Å²) in [6.45, 7) is 1.08. The Morgan fingerprint density at radius 3 is 2.00 bits per heavy atom. The highest BCUT2D eigenvalue weighted by Crippen LogP contribution is 1.42. The highest BCUT2D eigenvalue weighted by molar-refractivity contribution is 5.62. The first kappa shape index (κ1) is 9.24. The Bertz CT molecular complexity index is 78.9. The van der Waals surface area contributed by atoms with E-state index in [2.05, 4.69) is 0 Å². The van der Waals surface area contributed by atoms with Crippen LogP contribution in [-0.4, -0.2) is 11.1 Å². The van der Waals surface area contributed by atoms with E-state index in [1.807, 2.05) is 0 Å². The lowest BCUT2D eigenvalue weighted by molar-refractivity contribution is -0.134. The van der Waals surface area contributed by atoms with Crippen LogP contribution in [0.25, 0.3) is 10.4 Å². The van der Waals surface area contributed by atoms with Crippen LogP contribution in [0.3, 0.4) is 0 Å². The molecule has 0 saturated carbocycles. The molecule has 0 spiro atoms. The average molecular weight is 103 g/mol. The van der Waals surface area contributed by atoms with Crippen LogP contribution in [0.4, 0.5) is 0 Å². The molecule has 0 amide bonds. The largest absolute Gasteiger partial charge is 0.481 e. The molecule has 0 bridgehead atoms. The van der Waals surface area contributed by atoms with Gasteiger partial charge in [-0.15, -0.1) is 5.53 Å². The van der Waals surface area contributed by atoms with Crippen molar-refractivity contribution >= 4 is 5.97 Å². The molecule has 7 heavy (non-hydrogen) atoms. The van der Waals surface area contributed by atoms with Gasteiger partial charge in [0.25, 0.3) is 5.97 Å². The molecule has 0 aromatic rings. The molecule has 0 rings (SSSR count). The molecule has 40 valence electrons. The van der Waals surface area contributed by atoms with Gasteiger partial charge in [-0.2, -0.15) is 0 Å². The molecule has 0 aromatic heterocycles. The second kappa shape index (κ2) is 8.84. The van der Waals surface area contributed by atoms with E-state index in [-0.39, 0.29) is 0 Å². The summed E-state index contributed by atoms with van der Waals surface area (Å²) >= 11 is 0. The van der Waals surface area contributed by atoms with Crippen LogP contribution in [0.1, 0.15) is 6.92 Å². The van der Waals surface area contributed by atoms with Gasteiger partial charge in [0.2, 0.25) is 0 Å². The van der Waals surface area contributed by atoms with Crippen molar-refractivity contribution in [2.45, 2.75) is 6.92 Å². The molecule has 0 atom stereocenters. The second-order valence-corrected chi connectivity index (χ2v) is 0.619. The lowest BCUT2D eigenvalue weighted by atomic mass is 10.9. The van der Waals surface area contributed by atoms with Crippen LogP contribution in [-0.2, 0) is 4.79 Å². The summed E-state index contributed by atoms with van der Waals surface area (Å²) in [6, 6.07) is 0. The van der Waals surface area contributed by atoms with Gasteiger partial charge < -0.3 is 5.11 Å². The van der Waals surface area contributed by atoms with Gasteiger partial charge in [0.1, 0.15) is 0 Å². The molecule has 0 aliphatic carbocycles. The number of nitrogens with zero attached hydrogens (tertiary/aromatic N) is 2. The number of hydrogen-bond donors (Lipinski definition) is 2. The van der Waals surface area contributed by atoms with Gasteiger partial charge in [0.15, 0.2) is 0 Å². The summed E-state index contributed by atoms with van der Waals surface area (Å²) in [6.07, 6.45) is 0. The maximum absolute atomic E-state index is 9.00. The Hall–Kier alpha value is -1.22. The van der Waals surface area contributed by atoms with Crippen LogP contribution in [0.15, 0.2) is 0 Å². The van der Waals surface area contributed by atoms with E-state index < -0.39 is 5.97 Å². The van der Waals surface area contributed by atoms with Crippen molar-refractivity contribution in [1.82, 2.24) is 0 Å². The molecule has 0 heterocycles. The van der Waals surface area contributed by atoms with Crippen LogP contribution in [0.5, 0.6) is 0 Å². The van der Waals surface area contributed by atoms with E-state index in [9.17, 15) is 0 Å². The predicted molar refractivity (Wildman–Crippen MR) is 22.7 cm³/mol. The zero-order valence-corrected chi connectivity index (χ0v) is 3.75. The number of aliphatic carboxylic acids is 1. The summed E-state index contributed by atoms with van der Waals surface area (Å²) in [5.74, 6) is -0.833. The van der Waals surface area contributed by atoms with E-state index in [0.717, 1.165) is 6.92 Å². The topological polar surface area (TPSA) is 97.5 Å². The summed E-state index contributed by atoms with van der Waals surface area (Å²) in [4.78, 5) is 10.8. The van der Waals surface area contributed by atoms with E-state index in [1.54, 1.807) is 4.91 Å². The molecule has 0 aliphatic rings. The smallest absolute Gasteiger partial charge is 0.300 e. The van der Waals surface area contributed by atoms with Crippen LogP contribution < -0.4 is 0 Å². The zero-order valence-electron chi connectivity index (χ0n) is 3.75.